The highest BCUT2D eigenvalue weighted by Gasteiger charge is 2.12. The molecule has 8 nitrogen and oxygen atoms in total. The van der Waals surface area contributed by atoms with E-state index in [2.05, 4.69) is 15.5 Å². The Labute approximate surface area is 169 Å². The molecule has 0 saturated heterocycles. The first kappa shape index (κ1) is 20.2. The van der Waals surface area contributed by atoms with Crippen LogP contribution >= 0.6 is 0 Å². The summed E-state index contributed by atoms with van der Waals surface area (Å²) in [5.74, 6) is 1.47. The summed E-state index contributed by atoms with van der Waals surface area (Å²) < 4.78 is 16.5. The van der Waals surface area contributed by atoms with E-state index in [1.807, 2.05) is 12.1 Å². The van der Waals surface area contributed by atoms with Gasteiger partial charge in [0, 0.05) is 17.8 Å². The molecule has 0 radical (unpaired) electrons. The number of carbonyl (C=O) groups is 1. The first-order valence-electron chi connectivity index (χ1n) is 9.22. The molecular formula is C21H24N4O4. The molecule has 0 unspecified atom stereocenters. The topological polar surface area (TPSA) is 111 Å². The van der Waals surface area contributed by atoms with E-state index in [0.29, 0.717) is 42.5 Å². The van der Waals surface area contributed by atoms with Crippen molar-refractivity contribution < 1.29 is 19.0 Å². The van der Waals surface area contributed by atoms with Crippen LogP contribution in [-0.2, 0) is 4.79 Å². The number of nitrogens with zero attached hydrogens (tertiary/aromatic N) is 1. The summed E-state index contributed by atoms with van der Waals surface area (Å²) >= 11 is 0. The van der Waals surface area contributed by atoms with Crippen molar-refractivity contribution in [3.63, 3.8) is 0 Å². The number of ether oxygens (including phenoxy) is 3. The SMILES string of the molecule is COc1cccc(OCC(=O)Nc2ccc(-c3cn[nH]c3)cc2OCCCN)c1. The number of anilines is 1. The van der Waals surface area contributed by atoms with E-state index in [4.69, 9.17) is 19.9 Å². The number of H-pyrrole nitrogens is 1. The Balaban J connectivity index is 1.68. The van der Waals surface area contributed by atoms with Gasteiger partial charge in [0.2, 0.25) is 0 Å². The number of nitrogens with two attached hydrogens (primary N) is 1. The van der Waals surface area contributed by atoms with Gasteiger partial charge in [0.25, 0.3) is 5.91 Å². The van der Waals surface area contributed by atoms with Crippen LogP contribution in [0, 0.1) is 0 Å². The fraction of sp³-hybridized carbons (Fsp3) is 0.238. The number of aromatic amines is 1. The van der Waals surface area contributed by atoms with Gasteiger partial charge in [0.1, 0.15) is 17.2 Å². The van der Waals surface area contributed by atoms with Crippen molar-refractivity contribution >= 4 is 11.6 Å². The lowest BCUT2D eigenvalue weighted by Crippen LogP contribution is -2.20. The van der Waals surface area contributed by atoms with Gasteiger partial charge in [-0.3, -0.25) is 9.89 Å². The van der Waals surface area contributed by atoms with Crippen molar-refractivity contribution in [2.24, 2.45) is 5.73 Å². The summed E-state index contributed by atoms with van der Waals surface area (Å²) in [4.78, 5) is 12.4. The van der Waals surface area contributed by atoms with E-state index in [1.54, 1.807) is 49.8 Å². The predicted molar refractivity (Wildman–Crippen MR) is 110 cm³/mol. The molecule has 0 aliphatic rings. The smallest absolute Gasteiger partial charge is 0.262 e. The average molecular weight is 396 g/mol. The summed E-state index contributed by atoms with van der Waals surface area (Å²) in [6, 6.07) is 12.6. The van der Waals surface area contributed by atoms with E-state index in [-0.39, 0.29) is 12.5 Å². The molecule has 1 heterocycles. The predicted octanol–water partition coefficient (Wildman–Crippen LogP) is 2.83. The lowest BCUT2D eigenvalue weighted by Gasteiger charge is -2.14. The van der Waals surface area contributed by atoms with Crippen molar-refractivity contribution in [2.45, 2.75) is 6.42 Å². The van der Waals surface area contributed by atoms with Gasteiger partial charge in [0.15, 0.2) is 6.61 Å². The molecule has 0 bridgehead atoms. The number of benzene rings is 2. The summed E-state index contributed by atoms with van der Waals surface area (Å²) in [5, 5.41) is 9.58. The molecule has 0 aliphatic carbocycles. The Kier molecular flexibility index (Phi) is 7.07. The summed E-state index contributed by atoms with van der Waals surface area (Å²) in [5.41, 5.74) is 7.96. The maximum atomic E-state index is 12.4. The van der Waals surface area contributed by atoms with E-state index in [0.717, 1.165) is 11.1 Å². The monoisotopic (exact) mass is 396 g/mol. The van der Waals surface area contributed by atoms with Gasteiger partial charge in [-0.1, -0.05) is 12.1 Å². The third-order valence-electron chi connectivity index (χ3n) is 4.10. The summed E-state index contributed by atoms with van der Waals surface area (Å²) in [6.07, 6.45) is 4.22. The van der Waals surface area contributed by atoms with Crippen LogP contribution in [0.4, 0.5) is 5.69 Å². The lowest BCUT2D eigenvalue weighted by atomic mass is 10.1. The molecule has 4 N–H and O–H groups in total. The highest BCUT2D eigenvalue weighted by molar-refractivity contribution is 5.93. The molecule has 0 atom stereocenters. The lowest BCUT2D eigenvalue weighted by molar-refractivity contribution is -0.118. The molecule has 152 valence electrons. The van der Waals surface area contributed by atoms with E-state index in [1.165, 1.54) is 0 Å². The van der Waals surface area contributed by atoms with Gasteiger partial charge in [-0.2, -0.15) is 5.10 Å². The van der Waals surface area contributed by atoms with Crippen LogP contribution in [-0.4, -0.2) is 43.0 Å². The van der Waals surface area contributed by atoms with E-state index in [9.17, 15) is 4.79 Å². The number of rotatable bonds is 10. The number of aromatic nitrogens is 2. The first-order chi connectivity index (χ1) is 14.2. The van der Waals surface area contributed by atoms with Crippen LogP contribution in [0.5, 0.6) is 17.2 Å². The zero-order valence-electron chi connectivity index (χ0n) is 16.2. The molecule has 8 heteroatoms. The molecule has 0 spiro atoms. The number of hydrogen-bond donors (Lipinski definition) is 3. The molecule has 3 rings (SSSR count). The third kappa shape index (κ3) is 5.73. The number of hydrogen-bond acceptors (Lipinski definition) is 6. The van der Waals surface area contributed by atoms with Crippen molar-refractivity contribution in [1.82, 2.24) is 10.2 Å². The van der Waals surface area contributed by atoms with Crippen LogP contribution in [0.15, 0.2) is 54.9 Å². The standard InChI is InChI=1S/C21H24N4O4/c1-27-17-4-2-5-18(11-17)29-14-21(26)25-19-7-6-15(16-12-23-24-13-16)10-20(19)28-9-3-8-22/h2,4-7,10-13H,3,8-9,14,22H2,1H3,(H,23,24)(H,25,26). The third-order valence-corrected chi connectivity index (χ3v) is 4.10. The molecule has 0 aliphatic heterocycles. The second-order valence-corrected chi connectivity index (χ2v) is 6.20. The normalized spacial score (nSPS) is 10.4. The Hall–Kier alpha value is -3.52. The Bertz CT molecular complexity index is 928. The van der Waals surface area contributed by atoms with Crippen LogP contribution in [0.2, 0.25) is 0 Å². The maximum Gasteiger partial charge on any atom is 0.262 e. The van der Waals surface area contributed by atoms with E-state index >= 15 is 0 Å². The van der Waals surface area contributed by atoms with Crippen molar-refractivity contribution in [3.05, 3.63) is 54.9 Å². The molecule has 1 aromatic heterocycles. The number of amides is 1. The largest absolute Gasteiger partial charge is 0.497 e. The minimum Gasteiger partial charge on any atom is -0.497 e. The molecule has 0 saturated carbocycles. The Morgan fingerprint density at radius 2 is 2.00 bits per heavy atom. The highest BCUT2D eigenvalue weighted by atomic mass is 16.5. The number of nitrogens with one attached hydrogen (secondary N) is 2. The molecule has 0 fully saturated rings. The van der Waals surface area contributed by atoms with Gasteiger partial charge < -0.3 is 25.3 Å². The van der Waals surface area contributed by atoms with Crippen molar-refractivity contribution in [3.8, 4) is 28.4 Å². The second-order valence-electron chi connectivity index (χ2n) is 6.20. The van der Waals surface area contributed by atoms with Crippen molar-refractivity contribution in [2.75, 3.05) is 32.2 Å². The zero-order valence-corrected chi connectivity index (χ0v) is 16.2. The quantitative estimate of drug-likeness (QED) is 0.455. The van der Waals surface area contributed by atoms with Crippen LogP contribution < -0.4 is 25.3 Å². The highest BCUT2D eigenvalue weighted by Crippen LogP contribution is 2.31. The van der Waals surface area contributed by atoms with Crippen molar-refractivity contribution in [1.29, 1.82) is 0 Å². The molecule has 1 amide bonds. The van der Waals surface area contributed by atoms with Gasteiger partial charge in [-0.15, -0.1) is 0 Å². The zero-order chi connectivity index (χ0) is 20.5. The minimum atomic E-state index is -0.299. The molecule has 3 aromatic rings. The first-order valence-corrected chi connectivity index (χ1v) is 9.22. The summed E-state index contributed by atoms with van der Waals surface area (Å²) in [7, 11) is 1.57. The maximum absolute atomic E-state index is 12.4. The molecule has 29 heavy (non-hydrogen) atoms. The van der Waals surface area contributed by atoms with Gasteiger partial charge in [0.05, 0.1) is 25.6 Å². The molecular weight excluding hydrogens is 372 g/mol. The van der Waals surface area contributed by atoms with Crippen LogP contribution in [0.1, 0.15) is 6.42 Å². The fourth-order valence-corrected chi connectivity index (χ4v) is 2.62. The Morgan fingerprint density at radius 3 is 2.76 bits per heavy atom. The Morgan fingerprint density at radius 1 is 1.14 bits per heavy atom. The van der Waals surface area contributed by atoms with Crippen LogP contribution in [0.25, 0.3) is 11.1 Å². The van der Waals surface area contributed by atoms with E-state index < -0.39 is 0 Å². The average Bonchev–Trinajstić information content (AvgIpc) is 3.28. The van der Waals surface area contributed by atoms with Gasteiger partial charge >= 0.3 is 0 Å². The molecule has 2 aromatic carbocycles. The number of methoxy groups -OCH3 is 1. The van der Waals surface area contributed by atoms with Gasteiger partial charge in [-0.25, -0.2) is 0 Å². The van der Waals surface area contributed by atoms with Crippen LogP contribution in [0.3, 0.4) is 0 Å². The minimum absolute atomic E-state index is 0.140. The second kappa shape index (κ2) is 10.1. The number of carbonyl (C=O) groups excluding carboxylic acids is 1. The van der Waals surface area contributed by atoms with Gasteiger partial charge in [-0.05, 0) is 42.8 Å². The fourth-order valence-electron chi connectivity index (χ4n) is 2.62. The summed E-state index contributed by atoms with van der Waals surface area (Å²) in [6.45, 7) is 0.838.